The number of hydrogen-bond acceptors (Lipinski definition) is 3. The largest absolute Gasteiger partial charge is 0.496 e. The van der Waals surface area contributed by atoms with Crippen LogP contribution in [0.5, 0.6) is 5.75 Å². The highest BCUT2D eigenvalue weighted by Gasteiger charge is 2.23. The quantitative estimate of drug-likeness (QED) is 0.731. The monoisotopic (exact) mass is 375 g/mol. The fourth-order valence-electron chi connectivity index (χ4n) is 2.63. The summed E-state index contributed by atoms with van der Waals surface area (Å²) in [6, 6.07) is 12.1. The molecule has 2 atom stereocenters. The highest BCUT2D eigenvalue weighted by molar-refractivity contribution is 6.30. The number of quaternary nitrogens is 1. The predicted molar refractivity (Wildman–Crippen MR) is 103 cm³/mol. The van der Waals surface area contributed by atoms with E-state index in [1.807, 2.05) is 26.1 Å². The summed E-state index contributed by atoms with van der Waals surface area (Å²) >= 11 is 6.08. The molecule has 2 rings (SSSR count). The van der Waals surface area contributed by atoms with Crippen LogP contribution in [0.25, 0.3) is 0 Å². The van der Waals surface area contributed by atoms with E-state index < -0.39 is 0 Å². The van der Waals surface area contributed by atoms with E-state index in [-0.39, 0.29) is 17.7 Å². The van der Waals surface area contributed by atoms with Crippen molar-refractivity contribution < 1.29 is 19.2 Å². The first-order valence-electron chi connectivity index (χ1n) is 8.38. The van der Waals surface area contributed by atoms with Crippen LogP contribution in [-0.2, 0) is 11.3 Å². The molecule has 0 aliphatic carbocycles. The number of anilines is 1. The number of carbonyl (C=O) groups is 2. The number of halogens is 1. The first-order valence-corrected chi connectivity index (χ1v) is 8.76. The molecule has 1 unspecified atom stereocenters. The van der Waals surface area contributed by atoms with Gasteiger partial charge in [0.2, 0.25) is 0 Å². The molecule has 0 fully saturated rings. The zero-order valence-corrected chi connectivity index (χ0v) is 16.2. The van der Waals surface area contributed by atoms with Crippen LogP contribution in [0.15, 0.2) is 42.5 Å². The third kappa shape index (κ3) is 5.07. The maximum atomic E-state index is 12.6. The lowest BCUT2D eigenvalue weighted by Gasteiger charge is -2.22. The normalized spacial score (nSPS) is 13.0. The van der Waals surface area contributed by atoms with Crippen LogP contribution in [0.1, 0.15) is 29.8 Å². The first-order chi connectivity index (χ1) is 12.3. The van der Waals surface area contributed by atoms with Crippen LogP contribution in [0, 0.1) is 0 Å². The van der Waals surface area contributed by atoms with E-state index in [9.17, 15) is 9.59 Å². The van der Waals surface area contributed by atoms with E-state index in [1.54, 1.807) is 37.4 Å². The highest BCUT2D eigenvalue weighted by atomic mass is 35.5. The number of rotatable bonds is 7. The highest BCUT2D eigenvalue weighted by Crippen LogP contribution is 2.21. The molecule has 6 heteroatoms. The van der Waals surface area contributed by atoms with Crippen LogP contribution in [0.4, 0.5) is 5.69 Å². The van der Waals surface area contributed by atoms with Gasteiger partial charge in [-0.1, -0.05) is 23.7 Å². The van der Waals surface area contributed by atoms with E-state index >= 15 is 0 Å². The molecular weight excluding hydrogens is 352 g/mol. The van der Waals surface area contributed by atoms with Crippen LogP contribution in [0.3, 0.4) is 0 Å². The number of methoxy groups -OCH3 is 1. The third-order valence-corrected chi connectivity index (χ3v) is 4.62. The van der Waals surface area contributed by atoms with Gasteiger partial charge in [0.25, 0.3) is 5.91 Å². The third-order valence-electron chi connectivity index (χ3n) is 4.38. The Bertz CT molecular complexity index is 807. The molecule has 26 heavy (non-hydrogen) atoms. The Morgan fingerprint density at radius 1 is 1.23 bits per heavy atom. The van der Waals surface area contributed by atoms with Crippen LogP contribution in [-0.4, -0.2) is 31.9 Å². The molecule has 2 aromatic carbocycles. The van der Waals surface area contributed by atoms with Crippen molar-refractivity contribution in [3.63, 3.8) is 0 Å². The van der Waals surface area contributed by atoms with Gasteiger partial charge in [-0.25, -0.2) is 0 Å². The van der Waals surface area contributed by atoms with Crippen molar-refractivity contribution in [2.75, 3.05) is 19.5 Å². The van der Waals surface area contributed by atoms with Gasteiger partial charge in [-0.2, -0.15) is 0 Å². The zero-order chi connectivity index (χ0) is 19.3. The van der Waals surface area contributed by atoms with Gasteiger partial charge in [-0.3, -0.25) is 9.59 Å². The maximum absolute atomic E-state index is 12.6. The van der Waals surface area contributed by atoms with E-state index in [0.29, 0.717) is 22.8 Å². The fourth-order valence-corrected chi connectivity index (χ4v) is 2.82. The molecule has 0 aliphatic heterocycles. The van der Waals surface area contributed by atoms with Crippen LogP contribution < -0.4 is 15.0 Å². The van der Waals surface area contributed by atoms with Crippen molar-refractivity contribution >= 4 is 29.0 Å². The molecule has 0 bridgehead atoms. The lowest BCUT2D eigenvalue weighted by atomic mass is 10.1. The topological polar surface area (TPSA) is 59.8 Å². The van der Waals surface area contributed by atoms with Gasteiger partial charge < -0.3 is 15.0 Å². The average molecular weight is 376 g/mol. The standard InChI is InChI=1S/C20H23ClN2O3/c1-13(20(25)22-18-7-5-6-15(11-18)14(2)24)23(3)12-16-10-17(21)8-9-19(16)26-4/h5-11,13H,12H2,1-4H3,(H,22,25)/p+1/t13-/m0/s1. The second-order valence-corrected chi connectivity index (χ2v) is 6.76. The van der Waals surface area contributed by atoms with Crippen LogP contribution in [0.2, 0.25) is 5.02 Å². The maximum Gasteiger partial charge on any atom is 0.282 e. The molecule has 0 spiro atoms. The summed E-state index contributed by atoms with van der Waals surface area (Å²) in [6.07, 6.45) is 0. The van der Waals surface area contributed by atoms with Gasteiger partial charge in [0.05, 0.1) is 14.2 Å². The molecule has 0 aliphatic rings. The van der Waals surface area contributed by atoms with Crippen molar-refractivity contribution in [1.29, 1.82) is 0 Å². The Morgan fingerprint density at radius 2 is 1.96 bits per heavy atom. The molecule has 2 N–H and O–H groups in total. The van der Waals surface area contributed by atoms with Crippen LogP contribution >= 0.6 is 11.6 Å². The minimum Gasteiger partial charge on any atom is -0.496 e. The smallest absolute Gasteiger partial charge is 0.282 e. The van der Waals surface area contributed by atoms with Gasteiger partial charge in [0.15, 0.2) is 11.8 Å². The number of carbonyl (C=O) groups excluding carboxylic acids is 2. The van der Waals surface area contributed by atoms with E-state index in [4.69, 9.17) is 16.3 Å². The fraction of sp³-hybridized carbons (Fsp3) is 0.300. The minimum atomic E-state index is -0.306. The van der Waals surface area contributed by atoms with Gasteiger partial charge in [0.1, 0.15) is 12.3 Å². The zero-order valence-electron chi connectivity index (χ0n) is 15.4. The SMILES string of the molecule is COc1ccc(Cl)cc1C[NH+](C)[C@@H](C)C(=O)Nc1cccc(C(C)=O)c1. The summed E-state index contributed by atoms with van der Waals surface area (Å²) in [4.78, 5) is 25.0. The molecule has 0 saturated carbocycles. The number of benzene rings is 2. The molecule has 0 saturated heterocycles. The Morgan fingerprint density at radius 3 is 2.62 bits per heavy atom. The molecule has 5 nitrogen and oxygen atoms in total. The van der Waals surface area contributed by atoms with E-state index in [0.717, 1.165) is 16.2 Å². The number of ketones is 1. The van der Waals surface area contributed by atoms with Gasteiger partial charge >= 0.3 is 0 Å². The average Bonchev–Trinajstić information content (AvgIpc) is 2.61. The number of hydrogen-bond donors (Lipinski definition) is 2. The molecule has 2 aromatic rings. The van der Waals surface area contributed by atoms with Gasteiger partial charge in [-0.05, 0) is 44.2 Å². The minimum absolute atomic E-state index is 0.0371. The van der Waals surface area contributed by atoms with Crippen molar-refractivity contribution in [3.8, 4) is 5.75 Å². The van der Waals surface area contributed by atoms with Crippen molar-refractivity contribution in [1.82, 2.24) is 0 Å². The molecular formula is C20H24ClN2O3+. The molecule has 0 heterocycles. The van der Waals surface area contributed by atoms with Crippen molar-refractivity contribution in [2.45, 2.75) is 26.4 Å². The summed E-state index contributed by atoms with van der Waals surface area (Å²) in [5, 5.41) is 3.51. The second-order valence-electron chi connectivity index (χ2n) is 6.33. The summed E-state index contributed by atoms with van der Waals surface area (Å²) < 4.78 is 5.37. The number of nitrogens with one attached hydrogen (secondary N) is 2. The Hall–Kier alpha value is -2.37. The van der Waals surface area contributed by atoms with E-state index in [2.05, 4.69) is 5.32 Å². The number of amides is 1. The number of likely N-dealkylation sites (N-methyl/N-ethyl adjacent to an activating group) is 1. The molecule has 0 radical (unpaired) electrons. The van der Waals surface area contributed by atoms with Gasteiger partial charge in [-0.15, -0.1) is 0 Å². The molecule has 138 valence electrons. The Labute approximate surface area is 158 Å². The second kappa shape index (κ2) is 8.83. The number of Topliss-reactive ketones (excluding diaryl/α,β-unsaturated/α-hetero) is 1. The summed E-state index contributed by atoms with van der Waals surface area (Å²) in [7, 11) is 3.55. The summed E-state index contributed by atoms with van der Waals surface area (Å²) in [5.74, 6) is 0.588. The molecule has 1 amide bonds. The number of ether oxygens (including phenoxy) is 1. The Kier molecular flexibility index (Phi) is 6.77. The van der Waals surface area contributed by atoms with Crippen molar-refractivity contribution in [2.24, 2.45) is 0 Å². The Balaban J connectivity index is 2.07. The van der Waals surface area contributed by atoms with Gasteiger partial charge in [0, 0.05) is 21.8 Å². The lowest BCUT2D eigenvalue weighted by Crippen LogP contribution is -3.12. The summed E-state index contributed by atoms with van der Waals surface area (Å²) in [6.45, 7) is 3.95. The predicted octanol–water partition coefficient (Wildman–Crippen LogP) is 2.59. The first kappa shape index (κ1) is 19.9. The van der Waals surface area contributed by atoms with Crippen molar-refractivity contribution in [3.05, 3.63) is 58.6 Å². The van der Waals surface area contributed by atoms with E-state index in [1.165, 1.54) is 6.92 Å². The lowest BCUT2D eigenvalue weighted by molar-refractivity contribution is -0.907. The molecule has 0 aromatic heterocycles. The summed E-state index contributed by atoms with van der Waals surface area (Å²) in [5.41, 5.74) is 2.12.